The average molecular weight is 484 g/mol. The van der Waals surface area contributed by atoms with E-state index in [1.54, 1.807) is 48.5 Å². The zero-order valence-electron chi connectivity index (χ0n) is 19.5. The number of carbonyl (C=O) groups excluding carboxylic acids is 2. The molecule has 0 aromatic heterocycles. The lowest BCUT2D eigenvalue weighted by atomic mass is 10.1. The molecule has 2 amide bonds. The highest BCUT2D eigenvalue weighted by molar-refractivity contribution is 8.05. The molecule has 0 spiro atoms. The van der Waals surface area contributed by atoms with Gasteiger partial charge in [0.25, 0.3) is 5.91 Å². The number of rotatable bonds is 7. The van der Waals surface area contributed by atoms with Crippen molar-refractivity contribution < 1.29 is 14.3 Å². The van der Waals surface area contributed by atoms with Crippen LogP contribution in [0.15, 0.2) is 89.5 Å². The topological polar surface area (TPSA) is 82.4 Å². The first-order chi connectivity index (χ1) is 17.0. The molecule has 4 rings (SSSR count). The van der Waals surface area contributed by atoms with Crippen LogP contribution in [0.2, 0.25) is 0 Å². The smallest absolute Gasteiger partial charge is 0.269 e. The molecule has 176 valence electrons. The second-order valence-electron chi connectivity index (χ2n) is 8.01. The second-order valence-corrected chi connectivity index (χ2v) is 9.20. The number of para-hydroxylation sites is 1. The Morgan fingerprint density at radius 3 is 2.37 bits per heavy atom. The highest BCUT2D eigenvalue weighted by Crippen LogP contribution is 2.42. The molecule has 0 bridgehead atoms. The fourth-order valence-electron chi connectivity index (χ4n) is 3.73. The van der Waals surface area contributed by atoms with Crippen molar-refractivity contribution in [1.29, 1.82) is 5.26 Å². The van der Waals surface area contributed by atoms with E-state index in [-0.39, 0.29) is 11.5 Å². The summed E-state index contributed by atoms with van der Waals surface area (Å²) in [5.74, 6) is -0.0458. The third kappa shape index (κ3) is 5.56. The molecule has 1 aliphatic rings. The van der Waals surface area contributed by atoms with Crippen molar-refractivity contribution in [3.05, 3.63) is 101 Å². The summed E-state index contributed by atoms with van der Waals surface area (Å²) in [5, 5.41) is 12.6. The van der Waals surface area contributed by atoms with Crippen molar-refractivity contribution in [3.8, 4) is 11.8 Å². The molecule has 0 saturated carbocycles. The maximum atomic E-state index is 13.6. The number of ether oxygens (including phenoxy) is 1. The van der Waals surface area contributed by atoms with E-state index in [4.69, 9.17) is 4.74 Å². The first-order valence-electron chi connectivity index (χ1n) is 11.3. The molecule has 1 atom stereocenters. The van der Waals surface area contributed by atoms with Crippen molar-refractivity contribution in [2.75, 3.05) is 16.8 Å². The first-order valence-corrected chi connectivity index (χ1v) is 12.2. The van der Waals surface area contributed by atoms with Crippen LogP contribution in [-0.4, -0.2) is 23.7 Å². The highest BCUT2D eigenvalue weighted by Gasteiger charge is 2.40. The number of aryl methyl sites for hydroxylation is 1. The molecule has 35 heavy (non-hydrogen) atoms. The molecule has 1 heterocycles. The Hall–Kier alpha value is -4.02. The van der Waals surface area contributed by atoms with E-state index >= 15 is 0 Å². The number of thioether (sulfide) groups is 1. The highest BCUT2D eigenvalue weighted by atomic mass is 32.2. The van der Waals surface area contributed by atoms with E-state index in [0.717, 1.165) is 11.1 Å². The Balaban J connectivity index is 1.71. The van der Waals surface area contributed by atoms with Gasteiger partial charge in [-0.2, -0.15) is 5.26 Å². The molecule has 0 aliphatic carbocycles. The predicted molar refractivity (Wildman–Crippen MR) is 139 cm³/mol. The number of benzene rings is 3. The molecule has 3 aromatic rings. The van der Waals surface area contributed by atoms with Crippen LogP contribution in [0.3, 0.4) is 0 Å². The van der Waals surface area contributed by atoms with Crippen LogP contribution in [0.25, 0.3) is 0 Å². The van der Waals surface area contributed by atoms with E-state index in [9.17, 15) is 14.9 Å². The van der Waals surface area contributed by atoms with Crippen LogP contribution in [0.4, 0.5) is 11.4 Å². The lowest BCUT2D eigenvalue weighted by molar-refractivity contribution is -0.117. The lowest BCUT2D eigenvalue weighted by Crippen LogP contribution is -2.30. The van der Waals surface area contributed by atoms with Crippen LogP contribution in [0, 0.1) is 18.3 Å². The Labute approximate surface area is 209 Å². The van der Waals surface area contributed by atoms with Gasteiger partial charge in [0.15, 0.2) is 0 Å². The average Bonchev–Trinajstić information content (AvgIpc) is 3.17. The van der Waals surface area contributed by atoms with Crippen molar-refractivity contribution in [3.63, 3.8) is 0 Å². The van der Waals surface area contributed by atoms with E-state index in [1.807, 2.05) is 50.2 Å². The Morgan fingerprint density at radius 2 is 1.74 bits per heavy atom. The van der Waals surface area contributed by atoms with Gasteiger partial charge in [0.1, 0.15) is 22.4 Å². The third-order valence-electron chi connectivity index (χ3n) is 5.48. The van der Waals surface area contributed by atoms with Gasteiger partial charge < -0.3 is 10.1 Å². The number of nitriles is 1. The molecular weight excluding hydrogens is 458 g/mol. The van der Waals surface area contributed by atoms with Crippen LogP contribution in [0.1, 0.15) is 18.1 Å². The summed E-state index contributed by atoms with van der Waals surface area (Å²) in [6, 6.07) is 26.1. The van der Waals surface area contributed by atoms with E-state index in [1.165, 1.54) is 16.7 Å². The van der Waals surface area contributed by atoms with E-state index in [0.29, 0.717) is 35.2 Å². The minimum Gasteiger partial charge on any atom is -0.494 e. The number of amides is 2. The van der Waals surface area contributed by atoms with Crippen molar-refractivity contribution in [2.24, 2.45) is 0 Å². The molecule has 1 fully saturated rings. The van der Waals surface area contributed by atoms with Crippen LogP contribution >= 0.6 is 11.8 Å². The minimum absolute atomic E-state index is 0.104. The van der Waals surface area contributed by atoms with Gasteiger partial charge in [-0.15, -0.1) is 0 Å². The fourth-order valence-corrected chi connectivity index (χ4v) is 5.04. The molecule has 7 heteroatoms. The quantitative estimate of drug-likeness (QED) is 0.357. The molecule has 1 unspecified atom stereocenters. The SMILES string of the molecule is CCOc1ccc(N2C(=O)C(Cc3ccc(C)cc3)S/C2=C(/C#N)C(=O)Nc2ccccc2)cc1. The number of carbonyl (C=O) groups is 2. The number of nitrogens with one attached hydrogen (secondary N) is 1. The molecule has 6 nitrogen and oxygen atoms in total. The minimum atomic E-state index is -0.555. The van der Waals surface area contributed by atoms with Gasteiger partial charge in [-0.1, -0.05) is 59.8 Å². The van der Waals surface area contributed by atoms with Crippen LogP contribution in [0.5, 0.6) is 5.75 Å². The van der Waals surface area contributed by atoms with Crippen LogP contribution in [-0.2, 0) is 16.0 Å². The Morgan fingerprint density at radius 1 is 1.06 bits per heavy atom. The molecule has 1 N–H and O–H groups in total. The van der Waals surface area contributed by atoms with Gasteiger partial charge in [-0.25, -0.2) is 0 Å². The van der Waals surface area contributed by atoms with E-state index in [2.05, 4.69) is 5.32 Å². The standard InChI is InChI=1S/C28H25N3O3S/c1-3-34-23-15-13-22(14-16-23)31-27(33)25(17-20-11-9-19(2)10-12-20)35-28(31)24(18-29)26(32)30-21-7-5-4-6-8-21/h4-16,25H,3,17H2,1-2H3,(H,30,32)/b28-24-. The van der Waals surface area contributed by atoms with E-state index < -0.39 is 11.2 Å². The van der Waals surface area contributed by atoms with Gasteiger partial charge in [-0.05, 0) is 62.2 Å². The summed E-state index contributed by atoms with van der Waals surface area (Å²) in [6.07, 6.45) is 0.486. The first kappa shape index (κ1) is 24.1. The van der Waals surface area contributed by atoms with Gasteiger partial charge in [-0.3, -0.25) is 14.5 Å². The van der Waals surface area contributed by atoms with Crippen molar-refractivity contribution in [1.82, 2.24) is 0 Å². The summed E-state index contributed by atoms with van der Waals surface area (Å²) in [6.45, 7) is 4.44. The number of nitrogens with zero attached hydrogens (tertiary/aromatic N) is 2. The Bertz CT molecular complexity index is 1280. The summed E-state index contributed by atoms with van der Waals surface area (Å²) in [4.78, 5) is 28.2. The van der Waals surface area contributed by atoms with Gasteiger partial charge in [0, 0.05) is 11.4 Å². The molecule has 1 saturated heterocycles. The largest absolute Gasteiger partial charge is 0.494 e. The number of anilines is 2. The van der Waals surface area contributed by atoms with Crippen LogP contribution < -0.4 is 15.0 Å². The zero-order chi connectivity index (χ0) is 24.8. The fraction of sp³-hybridized carbons (Fsp3) is 0.179. The van der Waals surface area contributed by atoms with Crippen molar-refractivity contribution >= 4 is 35.0 Å². The lowest BCUT2D eigenvalue weighted by Gasteiger charge is -2.19. The van der Waals surface area contributed by atoms with Gasteiger partial charge in [0.05, 0.1) is 11.9 Å². The third-order valence-corrected chi connectivity index (χ3v) is 6.75. The normalized spacial score (nSPS) is 16.5. The summed E-state index contributed by atoms with van der Waals surface area (Å²) in [5.41, 5.74) is 3.20. The zero-order valence-corrected chi connectivity index (χ0v) is 20.3. The van der Waals surface area contributed by atoms with Gasteiger partial charge >= 0.3 is 0 Å². The van der Waals surface area contributed by atoms with Gasteiger partial charge in [0.2, 0.25) is 5.91 Å². The monoisotopic (exact) mass is 483 g/mol. The predicted octanol–water partition coefficient (Wildman–Crippen LogP) is 5.46. The summed E-state index contributed by atoms with van der Waals surface area (Å²) < 4.78 is 5.52. The summed E-state index contributed by atoms with van der Waals surface area (Å²) >= 11 is 1.25. The number of hydrogen-bond acceptors (Lipinski definition) is 5. The molecule has 1 aliphatic heterocycles. The maximum Gasteiger partial charge on any atom is 0.269 e. The second kappa shape index (κ2) is 10.9. The number of hydrogen-bond donors (Lipinski definition) is 1. The molecule has 0 radical (unpaired) electrons. The van der Waals surface area contributed by atoms with Crippen molar-refractivity contribution in [2.45, 2.75) is 25.5 Å². The maximum absolute atomic E-state index is 13.6. The molecule has 3 aromatic carbocycles. The summed E-state index contributed by atoms with van der Waals surface area (Å²) in [7, 11) is 0. The Kier molecular flexibility index (Phi) is 7.54. The molecular formula is C28H25N3O3S.